The first-order valence-electron chi connectivity index (χ1n) is 5.17. The quantitative estimate of drug-likeness (QED) is 0.810. The number of hydrogen-bond donors (Lipinski definition) is 0. The Kier molecular flexibility index (Phi) is 3.40. The van der Waals surface area contributed by atoms with E-state index in [1.54, 1.807) is 6.07 Å². The summed E-state index contributed by atoms with van der Waals surface area (Å²) in [4.78, 5) is 1.07. The molecule has 1 aromatic carbocycles. The summed E-state index contributed by atoms with van der Waals surface area (Å²) in [5, 5.41) is 17.4. The molecule has 0 saturated carbocycles. The first-order valence-corrected chi connectivity index (χ1v) is 5.99. The molecule has 3 nitrogen and oxygen atoms in total. The largest absolute Gasteiger partial charge is 0.192 e. The molecule has 4 heteroatoms. The molecule has 1 heterocycles. The molecule has 0 N–H and O–H groups in total. The zero-order valence-corrected chi connectivity index (χ0v) is 10.5. The second kappa shape index (κ2) is 4.98. The van der Waals surface area contributed by atoms with Crippen LogP contribution in [0.5, 0.6) is 0 Å². The summed E-state index contributed by atoms with van der Waals surface area (Å²) in [6.45, 7) is 4.15. The number of aromatic nitrogens is 2. The van der Waals surface area contributed by atoms with E-state index in [1.807, 2.05) is 6.07 Å². The van der Waals surface area contributed by atoms with Crippen molar-refractivity contribution in [3.05, 3.63) is 47.2 Å². The van der Waals surface area contributed by atoms with Gasteiger partial charge in [0, 0.05) is 4.90 Å². The van der Waals surface area contributed by atoms with Gasteiger partial charge in [-0.25, -0.2) is 0 Å². The van der Waals surface area contributed by atoms with Crippen LogP contribution >= 0.6 is 11.8 Å². The van der Waals surface area contributed by atoms with Crippen LogP contribution in [0.3, 0.4) is 0 Å². The van der Waals surface area contributed by atoms with E-state index in [9.17, 15) is 0 Å². The van der Waals surface area contributed by atoms with Crippen LogP contribution in [0.1, 0.15) is 16.7 Å². The summed E-state index contributed by atoms with van der Waals surface area (Å²) in [6.07, 6.45) is 1.53. The van der Waals surface area contributed by atoms with Crippen molar-refractivity contribution >= 4 is 11.8 Å². The molecule has 0 amide bonds. The molecular weight excluding hydrogens is 230 g/mol. The minimum Gasteiger partial charge on any atom is -0.192 e. The highest BCUT2D eigenvalue weighted by molar-refractivity contribution is 7.99. The molecule has 0 aliphatic heterocycles. The summed E-state index contributed by atoms with van der Waals surface area (Å²) >= 11 is 1.47. The maximum atomic E-state index is 8.96. The Bertz CT molecular complexity index is 587. The van der Waals surface area contributed by atoms with Gasteiger partial charge < -0.3 is 0 Å². The Morgan fingerprint density at radius 3 is 2.71 bits per heavy atom. The van der Waals surface area contributed by atoms with Crippen LogP contribution in [0.15, 0.2) is 40.4 Å². The third-order valence-electron chi connectivity index (χ3n) is 2.50. The van der Waals surface area contributed by atoms with E-state index in [0.717, 1.165) is 4.90 Å². The van der Waals surface area contributed by atoms with Gasteiger partial charge in [-0.05, 0) is 43.2 Å². The average molecular weight is 241 g/mol. The van der Waals surface area contributed by atoms with Crippen molar-refractivity contribution in [2.45, 2.75) is 23.8 Å². The van der Waals surface area contributed by atoms with Crippen LogP contribution in [0, 0.1) is 25.2 Å². The Labute approximate surface area is 105 Å². The number of nitriles is 1. The molecule has 2 rings (SSSR count). The van der Waals surface area contributed by atoms with Crippen molar-refractivity contribution < 1.29 is 0 Å². The van der Waals surface area contributed by atoms with Gasteiger partial charge in [-0.2, -0.15) is 10.4 Å². The van der Waals surface area contributed by atoms with Gasteiger partial charge in [-0.15, -0.1) is 5.10 Å². The topological polar surface area (TPSA) is 49.6 Å². The Balaban J connectivity index is 2.32. The van der Waals surface area contributed by atoms with Gasteiger partial charge >= 0.3 is 0 Å². The van der Waals surface area contributed by atoms with Gasteiger partial charge in [0.2, 0.25) is 0 Å². The first kappa shape index (κ1) is 11.6. The predicted octanol–water partition coefficient (Wildman–Crippen LogP) is 3.12. The van der Waals surface area contributed by atoms with Crippen LogP contribution in [0.2, 0.25) is 0 Å². The maximum Gasteiger partial charge on any atom is 0.141 e. The van der Waals surface area contributed by atoms with Crippen molar-refractivity contribution in [2.24, 2.45) is 0 Å². The highest BCUT2D eigenvalue weighted by Gasteiger charge is 2.06. The van der Waals surface area contributed by atoms with Crippen LogP contribution < -0.4 is 0 Å². The molecule has 0 aliphatic rings. The monoisotopic (exact) mass is 241 g/mol. The van der Waals surface area contributed by atoms with E-state index < -0.39 is 0 Å². The van der Waals surface area contributed by atoms with Gasteiger partial charge in [0.25, 0.3) is 0 Å². The maximum absolute atomic E-state index is 8.96. The van der Waals surface area contributed by atoms with Gasteiger partial charge in [0.1, 0.15) is 11.1 Å². The van der Waals surface area contributed by atoms with E-state index >= 15 is 0 Å². The fourth-order valence-electron chi connectivity index (χ4n) is 1.37. The minimum atomic E-state index is 0.559. The third-order valence-corrected chi connectivity index (χ3v) is 3.48. The fourth-order valence-corrected chi connectivity index (χ4v) is 2.27. The highest BCUT2D eigenvalue weighted by Crippen LogP contribution is 2.29. The second-order valence-corrected chi connectivity index (χ2v) is 4.77. The number of nitrogens with zero attached hydrogens (tertiary/aromatic N) is 3. The molecule has 0 fully saturated rings. The van der Waals surface area contributed by atoms with Crippen LogP contribution in [0.4, 0.5) is 0 Å². The predicted molar refractivity (Wildman–Crippen MR) is 66.8 cm³/mol. The van der Waals surface area contributed by atoms with Gasteiger partial charge in [0.15, 0.2) is 0 Å². The summed E-state index contributed by atoms with van der Waals surface area (Å²) < 4.78 is 0. The normalized spacial score (nSPS) is 9.94. The molecule has 84 valence electrons. The first-order chi connectivity index (χ1) is 8.20. The molecule has 2 aromatic rings. The average Bonchev–Trinajstić information content (AvgIpc) is 2.34. The Morgan fingerprint density at radius 1 is 1.18 bits per heavy atom. The van der Waals surface area contributed by atoms with E-state index in [-0.39, 0.29) is 0 Å². The van der Waals surface area contributed by atoms with Gasteiger partial charge in [0.05, 0.1) is 11.8 Å². The molecule has 1 aromatic heterocycles. The van der Waals surface area contributed by atoms with Crippen LogP contribution in [-0.2, 0) is 0 Å². The van der Waals surface area contributed by atoms with E-state index in [4.69, 9.17) is 5.26 Å². The molecule has 0 spiro atoms. The van der Waals surface area contributed by atoms with Crippen molar-refractivity contribution in [1.82, 2.24) is 10.2 Å². The van der Waals surface area contributed by atoms with Crippen LogP contribution in [0.25, 0.3) is 0 Å². The third kappa shape index (κ3) is 2.63. The van der Waals surface area contributed by atoms with Crippen molar-refractivity contribution in [3.63, 3.8) is 0 Å². The summed E-state index contributed by atoms with van der Waals surface area (Å²) in [6, 6.07) is 9.99. The van der Waals surface area contributed by atoms with Crippen LogP contribution in [-0.4, -0.2) is 10.2 Å². The molecule has 0 atom stereocenters. The lowest BCUT2D eigenvalue weighted by atomic mass is 10.1. The number of benzene rings is 1. The lowest BCUT2D eigenvalue weighted by Gasteiger charge is -2.04. The molecular formula is C13H11N3S. The zero-order chi connectivity index (χ0) is 12.3. The Morgan fingerprint density at radius 2 is 2.00 bits per heavy atom. The number of hydrogen-bond acceptors (Lipinski definition) is 4. The molecule has 0 saturated heterocycles. The molecule has 0 unspecified atom stereocenters. The van der Waals surface area contributed by atoms with Crippen molar-refractivity contribution in [1.29, 1.82) is 5.26 Å². The lowest BCUT2D eigenvalue weighted by molar-refractivity contribution is 0.919. The molecule has 0 aliphatic carbocycles. The summed E-state index contributed by atoms with van der Waals surface area (Å²) in [5.74, 6) is 0. The zero-order valence-electron chi connectivity index (χ0n) is 9.64. The summed E-state index contributed by atoms with van der Waals surface area (Å²) in [7, 11) is 0. The molecule has 0 bridgehead atoms. The fraction of sp³-hybridized carbons (Fsp3) is 0.154. The highest BCUT2D eigenvalue weighted by atomic mass is 32.2. The number of rotatable bonds is 2. The smallest absolute Gasteiger partial charge is 0.141 e. The van der Waals surface area contributed by atoms with Gasteiger partial charge in [-0.3, -0.25) is 0 Å². The molecule has 0 radical (unpaired) electrons. The van der Waals surface area contributed by atoms with Gasteiger partial charge in [-0.1, -0.05) is 17.8 Å². The van der Waals surface area contributed by atoms with Crippen molar-refractivity contribution in [3.8, 4) is 6.07 Å². The molecule has 17 heavy (non-hydrogen) atoms. The standard InChI is InChI=1S/C13H11N3S/c1-9-3-4-12(7-10(9)2)17-13-11(8-14)5-6-15-16-13/h3-7H,1-2H3. The van der Waals surface area contributed by atoms with E-state index in [1.165, 1.54) is 29.1 Å². The number of aryl methyl sites for hydroxylation is 2. The van der Waals surface area contributed by atoms with Crippen molar-refractivity contribution in [2.75, 3.05) is 0 Å². The SMILES string of the molecule is Cc1ccc(Sc2nnccc2C#N)cc1C. The van der Waals surface area contributed by atoms with E-state index in [2.05, 4.69) is 42.2 Å². The minimum absolute atomic E-state index is 0.559. The lowest BCUT2D eigenvalue weighted by Crippen LogP contribution is -1.89. The Hall–Kier alpha value is -1.86. The summed E-state index contributed by atoms with van der Waals surface area (Å²) in [5.41, 5.74) is 3.05. The second-order valence-electron chi connectivity index (χ2n) is 3.71. The van der Waals surface area contributed by atoms with E-state index in [0.29, 0.717) is 10.6 Å².